The minimum absolute atomic E-state index is 0.0172. The predicted octanol–water partition coefficient (Wildman–Crippen LogP) is 1.47. The van der Waals surface area contributed by atoms with Crippen LogP contribution in [0.5, 0.6) is 0 Å². The number of aromatic nitrogens is 2. The third-order valence-electron chi connectivity index (χ3n) is 9.74. The number of nitrogen functional groups attached to an aromatic ring is 2. The molecule has 320 valence electrons. The second-order valence-electron chi connectivity index (χ2n) is 14.3. The van der Waals surface area contributed by atoms with E-state index in [2.05, 4.69) is 49.9 Å². The van der Waals surface area contributed by atoms with Gasteiger partial charge in [0.1, 0.15) is 25.7 Å². The summed E-state index contributed by atoms with van der Waals surface area (Å²) in [6.07, 6.45) is 2.33. The van der Waals surface area contributed by atoms with Crippen LogP contribution in [0.4, 0.5) is 11.6 Å². The fourth-order valence-corrected chi connectivity index (χ4v) is 6.51. The molecule has 0 bridgehead atoms. The van der Waals surface area contributed by atoms with Crippen molar-refractivity contribution in [1.82, 2.24) is 20.6 Å². The van der Waals surface area contributed by atoms with Gasteiger partial charge in [0.25, 0.3) is 5.91 Å². The van der Waals surface area contributed by atoms with Gasteiger partial charge in [-0.15, -0.1) is 0 Å². The van der Waals surface area contributed by atoms with Crippen LogP contribution in [0, 0.1) is 0 Å². The zero-order valence-electron chi connectivity index (χ0n) is 33.2. The minimum atomic E-state index is -0.929. The van der Waals surface area contributed by atoms with Crippen LogP contribution in [-0.2, 0) is 22.5 Å². The first-order chi connectivity index (χ1) is 27.8. The number of carbonyl (C=O) groups is 2. The average molecular weight is 831 g/mol. The fraction of sp³-hybridized carbons (Fsp3) is 0.525. The van der Waals surface area contributed by atoms with Gasteiger partial charge < -0.3 is 48.1 Å². The summed E-state index contributed by atoms with van der Waals surface area (Å²) in [6.45, 7) is 1.30. The molecule has 0 radical (unpaired) electrons. The Hall–Kier alpha value is -4.46. The largest absolute Gasteiger partial charge is 0.396 e. The summed E-state index contributed by atoms with van der Waals surface area (Å²) >= 11 is 5.83. The molecule has 17 nitrogen and oxygen atoms in total. The normalized spacial score (nSPS) is 14.4. The van der Waals surface area contributed by atoms with Crippen LogP contribution >= 0.6 is 11.6 Å². The smallest absolute Gasteiger partial charge is 0.280 e. The molecule has 3 rings (SSSR count). The van der Waals surface area contributed by atoms with E-state index in [1.807, 2.05) is 24.3 Å². The van der Waals surface area contributed by atoms with Crippen molar-refractivity contribution in [2.75, 3.05) is 64.5 Å². The predicted molar refractivity (Wildman–Crippen MR) is 223 cm³/mol. The van der Waals surface area contributed by atoms with Crippen LogP contribution in [-0.4, -0.2) is 129 Å². The molecule has 3 aromatic rings. The number of unbranched alkanes of at least 4 members (excludes halogenated alkanes) is 1. The Bertz CT molecular complexity index is 1740. The van der Waals surface area contributed by atoms with Crippen molar-refractivity contribution in [3.05, 3.63) is 70.5 Å². The SMILES string of the molecule is CO[N+](CCNC(=O)CCc1ccc(-c2ccc(CCCCN=C(N)NC(=O)c3nc(Cl)c(N)nc3N)cc2)cc1)(CC[C@@H](O)CCCO)CC(O)CC(O)CCO. The number of benzene rings is 2. The first kappa shape index (κ1) is 47.9. The number of aliphatic hydroxyl groups excluding tert-OH is 5. The molecule has 1 heterocycles. The van der Waals surface area contributed by atoms with Crippen LogP contribution in [0.2, 0.25) is 5.15 Å². The summed E-state index contributed by atoms with van der Waals surface area (Å²) in [5.41, 5.74) is 21.2. The molecule has 0 saturated carbocycles. The van der Waals surface area contributed by atoms with E-state index >= 15 is 0 Å². The van der Waals surface area contributed by atoms with Crippen molar-refractivity contribution in [2.24, 2.45) is 10.7 Å². The Kier molecular flexibility index (Phi) is 20.8. The van der Waals surface area contributed by atoms with E-state index in [0.717, 1.165) is 36.0 Å². The van der Waals surface area contributed by atoms with Crippen molar-refractivity contribution in [1.29, 1.82) is 0 Å². The lowest BCUT2D eigenvalue weighted by Gasteiger charge is -2.36. The number of anilines is 2. The van der Waals surface area contributed by atoms with E-state index in [9.17, 15) is 24.9 Å². The number of aryl methyl sites for hydroxylation is 2. The van der Waals surface area contributed by atoms with Crippen molar-refractivity contribution in [2.45, 2.75) is 82.5 Å². The number of guanidine groups is 1. The Morgan fingerprint density at radius 3 is 2.10 bits per heavy atom. The number of hydrogen-bond donors (Lipinski definition) is 10. The lowest BCUT2D eigenvalue weighted by molar-refractivity contribution is -1.10. The van der Waals surface area contributed by atoms with Crippen LogP contribution in [0.25, 0.3) is 11.1 Å². The molecule has 0 aliphatic heterocycles. The maximum absolute atomic E-state index is 12.8. The van der Waals surface area contributed by atoms with E-state index in [1.54, 1.807) is 0 Å². The summed E-state index contributed by atoms with van der Waals surface area (Å²) in [5, 5.41) is 54.6. The Morgan fingerprint density at radius 1 is 0.828 bits per heavy atom. The lowest BCUT2D eigenvalue weighted by Crippen LogP contribution is -2.56. The van der Waals surface area contributed by atoms with Crippen LogP contribution in [0.3, 0.4) is 0 Å². The number of aliphatic imine (C=N–C) groups is 1. The standard InChI is InChI=1S/C40H60ClN9O8/c1-58-50(21-17-31(53)6-4-23-51,26-33(55)25-32(54)18-24-52)22-20-45-34(56)16-11-28-9-14-30(15-10-28)29-12-7-27(8-13-29)5-2-3-19-46-40(44)49-39(57)35-37(42)48-38(43)36(41)47-35/h7-10,12-15,31-33,51-55H,2-6,11,16-26H2,1H3,(H7-,42,43,44,45,46,48,49,56,57)/p+1/t31-,32?,33?,50?/m0/s1. The van der Waals surface area contributed by atoms with Gasteiger partial charge in [0, 0.05) is 39.0 Å². The molecule has 4 atom stereocenters. The van der Waals surface area contributed by atoms with Gasteiger partial charge in [-0.3, -0.25) is 19.9 Å². The van der Waals surface area contributed by atoms with Gasteiger partial charge >= 0.3 is 0 Å². The molecular formula is C40H61ClN9O8+. The van der Waals surface area contributed by atoms with Gasteiger partial charge in [-0.25, -0.2) is 14.8 Å². The van der Waals surface area contributed by atoms with Gasteiger partial charge in [0.05, 0.1) is 25.9 Å². The van der Waals surface area contributed by atoms with Crippen molar-refractivity contribution in [3.8, 4) is 11.1 Å². The third-order valence-corrected chi connectivity index (χ3v) is 10.0. The van der Waals surface area contributed by atoms with Crippen LogP contribution in [0.1, 0.15) is 73.0 Å². The van der Waals surface area contributed by atoms with Crippen molar-refractivity contribution in [3.63, 3.8) is 0 Å². The van der Waals surface area contributed by atoms with E-state index in [-0.39, 0.29) is 84.6 Å². The zero-order chi connectivity index (χ0) is 42.5. The highest BCUT2D eigenvalue weighted by molar-refractivity contribution is 6.31. The first-order valence-electron chi connectivity index (χ1n) is 19.6. The van der Waals surface area contributed by atoms with Gasteiger partial charge in [-0.1, -0.05) is 60.1 Å². The van der Waals surface area contributed by atoms with Crippen LogP contribution in [0.15, 0.2) is 53.5 Å². The number of carbonyl (C=O) groups excluding carboxylic acids is 2. The van der Waals surface area contributed by atoms with E-state index in [1.165, 1.54) is 12.7 Å². The van der Waals surface area contributed by atoms with Gasteiger partial charge in [0.2, 0.25) is 5.91 Å². The highest BCUT2D eigenvalue weighted by Crippen LogP contribution is 2.22. The average Bonchev–Trinajstić information content (AvgIpc) is 3.19. The van der Waals surface area contributed by atoms with E-state index in [4.69, 9.17) is 43.9 Å². The summed E-state index contributed by atoms with van der Waals surface area (Å²) in [4.78, 5) is 42.9. The Balaban J connectivity index is 1.42. The molecule has 3 unspecified atom stereocenters. The van der Waals surface area contributed by atoms with E-state index < -0.39 is 24.2 Å². The van der Waals surface area contributed by atoms with Crippen molar-refractivity contribution < 1.29 is 44.6 Å². The molecule has 18 heteroatoms. The molecule has 0 aliphatic carbocycles. The number of nitrogens with zero attached hydrogens (tertiary/aromatic N) is 4. The molecule has 13 N–H and O–H groups in total. The number of aliphatic hydroxyl groups is 5. The number of halogens is 1. The Labute approximate surface area is 344 Å². The number of hydrogen-bond acceptors (Lipinski definition) is 13. The molecule has 0 saturated heterocycles. The molecular weight excluding hydrogens is 770 g/mol. The lowest BCUT2D eigenvalue weighted by atomic mass is 9.99. The number of rotatable bonds is 26. The quantitative estimate of drug-likeness (QED) is 0.0181. The number of hydroxylamine groups is 3. The molecule has 0 aliphatic rings. The topological polar surface area (TPSA) is 285 Å². The van der Waals surface area contributed by atoms with Crippen molar-refractivity contribution >= 4 is 41.0 Å². The van der Waals surface area contributed by atoms with Crippen LogP contribution < -0.4 is 27.8 Å². The zero-order valence-corrected chi connectivity index (χ0v) is 34.0. The molecule has 0 spiro atoms. The maximum atomic E-state index is 12.8. The number of amides is 2. The highest BCUT2D eigenvalue weighted by Gasteiger charge is 2.33. The molecule has 0 fully saturated rings. The number of quaternary nitrogens is 1. The molecule has 58 heavy (non-hydrogen) atoms. The summed E-state index contributed by atoms with van der Waals surface area (Å²) < 4.78 is -0.0454. The minimum Gasteiger partial charge on any atom is -0.396 e. The van der Waals surface area contributed by atoms with Gasteiger partial charge in [0.15, 0.2) is 28.4 Å². The Morgan fingerprint density at radius 2 is 1.48 bits per heavy atom. The monoisotopic (exact) mass is 830 g/mol. The summed E-state index contributed by atoms with van der Waals surface area (Å²) in [5.74, 6) is -1.13. The maximum Gasteiger partial charge on any atom is 0.280 e. The highest BCUT2D eigenvalue weighted by atomic mass is 35.5. The van der Waals surface area contributed by atoms with E-state index in [0.29, 0.717) is 45.3 Å². The fourth-order valence-electron chi connectivity index (χ4n) is 6.38. The second-order valence-corrected chi connectivity index (χ2v) is 14.6. The number of nitrogens with one attached hydrogen (secondary N) is 2. The molecule has 1 aromatic heterocycles. The summed E-state index contributed by atoms with van der Waals surface area (Å²) in [7, 11) is 1.51. The first-order valence-corrected chi connectivity index (χ1v) is 20.0. The third kappa shape index (κ3) is 16.8. The van der Waals surface area contributed by atoms with Gasteiger partial charge in [-0.2, -0.15) is 4.65 Å². The number of nitrogens with two attached hydrogens (primary N) is 3. The van der Waals surface area contributed by atoms with Gasteiger partial charge in [-0.05, 0) is 67.2 Å². The second kappa shape index (κ2) is 25.1. The summed E-state index contributed by atoms with van der Waals surface area (Å²) in [6, 6.07) is 16.4. The molecule has 2 amide bonds. The molecule has 2 aromatic carbocycles.